The highest BCUT2D eigenvalue weighted by Crippen LogP contribution is 2.27. The van der Waals surface area contributed by atoms with Crippen molar-refractivity contribution in [3.63, 3.8) is 0 Å². The van der Waals surface area contributed by atoms with Gasteiger partial charge >= 0.3 is 0 Å². The number of benzene rings is 2. The van der Waals surface area contributed by atoms with E-state index in [9.17, 15) is 9.59 Å². The Morgan fingerprint density at radius 1 is 0.800 bits per heavy atom. The van der Waals surface area contributed by atoms with Gasteiger partial charge in [-0.1, -0.05) is 54.8 Å². The van der Waals surface area contributed by atoms with Crippen molar-refractivity contribution in [1.82, 2.24) is 19.6 Å². The molecular formula is C28H31ClN4O2. The SMILES string of the molecule is O=C(c1cc(-c2ccc(Cl)cc2)nn1-c1ccccc1)N1CCC(C(=O)N2CCCCCC2)CC1. The second kappa shape index (κ2) is 10.6. The van der Waals surface area contributed by atoms with Crippen molar-refractivity contribution in [1.29, 1.82) is 0 Å². The van der Waals surface area contributed by atoms with E-state index in [0.29, 0.717) is 36.6 Å². The molecule has 2 aliphatic rings. The van der Waals surface area contributed by atoms with Crippen molar-refractivity contribution in [2.75, 3.05) is 26.2 Å². The second-order valence-electron chi connectivity index (χ2n) is 9.48. The number of hydrogen-bond donors (Lipinski definition) is 0. The van der Waals surface area contributed by atoms with Gasteiger partial charge in [0.1, 0.15) is 5.69 Å². The molecule has 0 N–H and O–H groups in total. The van der Waals surface area contributed by atoms with Crippen LogP contribution in [0.15, 0.2) is 60.7 Å². The number of carbonyl (C=O) groups excluding carboxylic acids is 2. The summed E-state index contributed by atoms with van der Waals surface area (Å²) in [5, 5.41) is 5.43. The highest BCUT2D eigenvalue weighted by molar-refractivity contribution is 6.30. The number of nitrogens with zero attached hydrogens (tertiary/aromatic N) is 4. The lowest BCUT2D eigenvalue weighted by Gasteiger charge is -2.34. The number of rotatable bonds is 4. The summed E-state index contributed by atoms with van der Waals surface area (Å²) in [4.78, 5) is 30.7. The molecule has 1 aromatic heterocycles. The molecule has 2 aromatic carbocycles. The number of aromatic nitrogens is 2. The first kappa shape index (κ1) is 23.6. The highest BCUT2D eigenvalue weighted by Gasteiger charge is 2.32. The van der Waals surface area contributed by atoms with Crippen molar-refractivity contribution >= 4 is 23.4 Å². The summed E-state index contributed by atoms with van der Waals surface area (Å²) in [6, 6.07) is 19.0. The van der Waals surface area contributed by atoms with Gasteiger partial charge in [0.05, 0.1) is 11.4 Å². The number of amides is 2. The van der Waals surface area contributed by atoms with Gasteiger partial charge in [0.2, 0.25) is 5.91 Å². The molecule has 3 heterocycles. The Bertz CT molecular complexity index is 1160. The highest BCUT2D eigenvalue weighted by atomic mass is 35.5. The molecule has 6 nitrogen and oxygen atoms in total. The number of likely N-dealkylation sites (tertiary alicyclic amines) is 2. The van der Waals surface area contributed by atoms with E-state index < -0.39 is 0 Å². The van der Waals surface area contributed by atoms with E-state index in [2.05, 4.69) is 4.90 Å². The Balaban J connectivity index is 1.34. The molecule has 2 aliphatic heterocycles. The Hall–Kier alpha value is -3.12. The zero-order valence-corrected chi connectivity index (χ0v) is 20.7. The van der Waals surface area contributed by atoms with Crippen LogP contribution in [0.25, 0.3) is 16.9 Å². The van der Waals surface area contributed by atoms with Crippen molar-refractivity contribution < 1.29 is 9.59 Å². The van der Waals surface area contributed by atoms with Gasteiger partial charge in [-0.25, -0.2) is 4.68 Å². The molecule has 0 unspecified atom stereocenters. The van der Waals surface area contributed by atoms with Gasteiger partial charge in [0, 0.05) is 42.7 Å². The summed E-state index contributed by atoms with van der Waals surface area (Å²) >= 11 is 6.06. The third-order valence-electron chi connectivity index (χ3n) is 7.12. The van der Waals surface area contributed by atoms with Gasteiger partial charge in [-0.3, -0.25) is 9.59 Å². The lowest BCUT2D eigenvalue weighted by Crippen LogP contribution is -2.45. The van der Waals surface area contributed by atoms with E-state index in [-0.39, 0.29) is 17.7 Å². The van der Waals surface area contributed by atoms with Gasteiger partial charge in [0.25, 0.3) is 5.91 Å². The van der Waals surface area contributed by atoms with Gasteiger partial charge < -0.3 is 9.80 Å². The summed E-state index contributed by atoms with van der Waals surface area (Å²) < 4.78 is 1.72. The fraction of sp³-hybridized carbons (Fsp3) is 0.393. The Morgan fingerprint density at radius 3 is 2.11 bits per heavy atom. The average Bonchev–Trinajstić information content (AvgIpc) is 3.16. The average molecular weight is 491 g/mol. The zero-order valence-electron chi connectivity index (χ0n) is 19.9. The smallest absolute Gasteiger partial charge is 0.272 e. The maximum Gasteiger partial charge on any atom is 0.272 e. The number of halogens is 1. The first-order valence-electron chi connectivity index (χ1n) is 12.6. The van der Waals surface area contributed by atoms with Gasteiger partial charge in [-0.15, -0.1) is 0 Å². The topological polar surface area (TPSA) is 58.4 Å². The minimum absolute atomic E-state index is 0.0146. The van der Waals surface area contributed by atoms with Crippen LogP contribution in [0.1, 0.15) is 49.0 Å². The fourth-order valence-electron chi connectivity index (χ4n) is 5.10. The summed E-state index contributed by atoms with van der Waals surface area (Å²) in [5.74, 6) is 0.237. The van der Waals surface area contributed by atoms with Crippen LogP contribution >= 0.6 is 11.6 Å². The third kappa shape index (κ3) is 5.27. The molecule has 0 bridgehead atoms. The molecule has 2 amide bonds. The van der Waals surface area contributed by atoms with Crippen LogP contribution < -0.4 is 0 Å². The van der Waals surface area contributed by atoms with Gasteiger partial charge in [-0.05, 0) is 56.0 Å². The van der Waals surface area contributed by atoms with Crippen LogP contribution in [-0.4, -0.2) is 57.6 Å². The molecule has 5 rings (SSSR count). The normalized spacial score (nSPS) is 17.3. The summed E-state index contributed by atoms with van der Waals surface area (Å²) in [6.07, 6.45) is 6.05. The minimum Gasteiger partial charge on any atom is -0.342 e. The minimum atomic E-state index is -0.0535. The largest absolute Gasteiger partial charge is 0.342 e. The molecular weight excluding hydrogens is 460 g/mol. The predicted octanol–water partition coefficient (Wildman–Crippen LogP) is 5.45. The van der Waals surface area contributed by atoms with Crippen LogP contribution in [0, 0.1) is 5.92 Å². The molecule has 2 saturated heterocycles. The number of piperidine rings is 1. The van der Waals surface area contributed by atoms with E-state index >= 15 is 0 Å². The molecule has 3 aromatic rings. The van der Waals surface area contributed by atoms with Crippen molar-refractivity contribution in [2.24, 2.45) is 5.92 Å². The lowest BCUT2D eigenvalue weighted by atomic mass is 9.95. The van der Waals surface area contributed by atoms with E-state index in [0.717, 1.165) is 42.9 Å². The maximum absolute atomic E-state index is 13.7. The molecule has 0 saturated carbocycles. The monoisotopic (exact) mass is 490 g/mol. The molecule has 2 fully saturated rings. The number of para-hydroxylation sites is 1. The van der Waals surface area contributed by atoms with Crippen LogP contribution in [-0.2, 0) is 4.79 Å². The first-order chi connectivity index (χ1) is 17.1. The van der Waals surface area contributed by atoms with Crippen molar-refractivity contribution in [3.05, 3.63) is 71.4 Å². The fourth-order valence-corrected chi connectivity index (χ4v) is 5.23. The maximum atomic E-state index is 13.7. The standard InChI is InChI=1S/C28H31ClN4O2/c29-23-12-10-21(11-13-23)25-20-26(33(30-25)24-8-4-3-5-9-24)28(35)32-18-14-22(15-19-32)27(34)31-16-6-1-2-7-17-31/h3-5,8-13,20,22H,1-2,6-7,14-19H2. The van der Waals surface area contributed by atoms with E-state index in [1.54, 1.807) is 4.68 Å². The molecule has 0 radical (unpaired) electrons. The molecule has 182 valence electrons. The predicted molar refractivity (Wildman–Crippen MR) is 138 cm³/mol. The molecule has 0 atom stereocenters. The summed E-state index contributed by atoms with van der Waals surface area (Å²) in [7, 11) is 0. The quantitative estimate of drug-likeness (QED) is 0.488. The number of hydrogen-bond acceptors (Lipinski definition) is 3. The molecule has 35 heavy (non-hydrogen) atoms. The van der Waals surface area contributed by atoms with Crippen LogP contribution in [0.4, 0.5) is 0 Å². The molecule has 0 spiro atoms. The van der Waals surface area contributed by atoms with Crippen molar-refractivity contribution in [3.8, 4) is 16.9 Å². The second-order valence-corrected chi connectivity index (χ2v) is 9.91. The summed E-state index contributed by atoms with van der Waals surface area (Å²) in [5.41, 5.74) is 2.99. The van der Waals surface area contributed by atoms with Gasteiger partial charge in [-0.2, -0.15) is 5.10 Å². The van der Waals surface area contributed by atoms with E-state index in [4.69, 9.17) is 16.7 Å². The van der Waals surface area contributed by atoms with Crippen LogP contribution in [0.3, 0.4) is 0 Å². The number of carbonyl (C=O) groups is 2. The molecule has 0 aliphatic carbocycles. The zero-order chi connectivity index (χ0) is 24.2. The lowest BCUT2D eigenvalue weighted by molar-refractivity contribution is -0.136. The van der Waals surface area contributed by atoms with Crippen LogP contribution in [0.5, 0.6) is 0 Å². The van der Waals surface area contributed by atoms with Crippen LogP contribution in [0.2, 0.25) is 5.02 Å². The third-order valence-corrected chi connectivity index (χ3v) is 7.37. The van der Waals surface area contributed by atoms with E-state index in [1.807, 2.05) is 65.6 Å². The Kier molecular flexibility index (Phi) is 7.19. The first-order valence-corrected chi connectivity index (χ1v) is 13.0. The Labute approximate surface area is 211 Å². The Morgan fingerprint density at radius 2 is 1.46 bits per heavy atom. The van der Waals surface area contributed by atoms with Crippen molar-refractivity contribution in [2.45, 2.75) is 38.5 Å². The summed E-state index contributed by atoms with van der Waals surface area (Å²) in [6.45, 7) is 2.92. The molecule has 7 heteroatoms. The van der Waals surface area contributed by atoms with E-state index in [1.165, 1.54) is 12.8 Å². The van der Waals surface area contributed by atoms with Gasteiger partial charge in [0.15, 0.2) is 0 Å².